The van der Waals surface area contributed by atoms with Gasteiger partial charge in [0.1, 0.15) is 0 Å². The zero-order valence-corrected chi connectivity index (χ0v) is 12.9. The Morgan fingerprint density at radius 2 is 1.67 bits per heavy atom. The Bertz CT molecular complexity index is 309. The fourth-order valence-corrected chi connectivity index (χ4v) is 3.22. The van der Waals surface area contributed by atoms with Crippen molar-refractivity contribution in [2.45, 2.75) is 47.0 Å². The van der Waals surface area contributed by atoms with E-state index in [0.29, 0.717) is 26.1 Å². The summed E-state index contributed by atoms with van der Waals surface area (Å²) in [5.41, 5.74) is -0.230. The van der Waals surface area contributed by atoms with E-state index < -0.39 is 10.2 Å². The molecule has 0 aliphatic heterocycles. The second-order valence-corrected chi connectivity index (χ2v) is 7.12. The molecule has 0 bridgehead atoms. The van der Waals surface area contributed by atoms with Gasteiger partial charge in [0.2, 0.25) is 0 Å². The molecular formula is C12H28N2O3S. The standard InChI is InChI=1S/C12H28N2O3S/c1-5-8-14(9-6-2)18(16,17)13-11-12(3,4)7-10-15/h13,15H,5-11H2,1-4H3. The van der Waals surface area contributed by atoms with Crippen molar-refractivity contribution in [3.8, 4) is 0 Å². The molecule has 0 atom stereocenters. The molecule has 0 amide bonds. The smallest absolute Gasteiger partial charge is 0.279 e. The first kappa shape index (κ1) is 17.8. The minimum atomic E-state index is -3.40. The Morgan fingerprint density at radius 3 is 2.06 bits per heavy atom. The molecule has 0 aliphatic rings. The Labute approximate surface area is 112 Å². The summed E-state index contributed by atoms with van der Waals surface area (Å²) in [5.74, 6) is 0. The van der Waals surface area contributed by atoms with Crippen molar-refractivity contribution in [1.82, 2.24) is 9.03 Å². The molecule has 0 radical (unpaired) electrons. The number of nitrogens with zero attached hydrogens (tertiary/aromatic N) is 1. The summed E-state index contributed by atoms with van der Waals surface area (Å²) in [6.07, 6.45) is 2.19. The number of hydrogen-bond donors (Lipinski definition) is 2. The van der Waals surface area contributed by atoms with E-state index in [0.717, 1.165) is 12.8 Å². The summed E-state index contributed by atoms with van der Waals surface area (Å²) >= 11 is 0. The zero-order valence-electron chi connectivity index (χ0n) is 12.1. The molecule has 0 heterocycles. The van der Waals surface area contributed by atoms with Crippen LogP contribution in [0, 0.1) is 5.41 Å². The molecule has 0 saturated heterocycles. The Balaban J connectivity index is 4.52. The van der Waals surface area contributed by atoms with E-state index in [-0.39, 0.29) is 12.0 Å². The Kier molecular flexibility index (Phi) is 8.02. The van der Waals surface area contributed by atoms with Gasteiger partial charge in [-0.05, 0) is 24.7 Å². The maximum atomic E-state index is 12.1. The van der Waals surface area contributed by atoms with Crippen LogP contribution in [-0.2, 0) is 10.2 Å². The van der Waals surface area contributed by atoms with Crippen molar-refractivity contribution in [2.75, 3.05) is 26.2 Å². The molecular weight excluding hydrogens is 252 g/mol. The fourth-order valence-electron chi connectivity index (χ4n) is 1.62. The molecule has 0 aromatic heterocycles. The average molecular weight is 280 g/mol. The van der Waals surface area contributed by atoms with Gasteiger partial charge in [0, 0.05) is 26.2 Å². The molecule has 0 fully saturated rings. The molecule has 0 spiro atoms. The molecule has 18 heavy (non-hydrogen) atoms. The maximum absolute atomic E-state index is 12.1. The molecule has 2 N–H and O–H groups in total. The molecule has 0 aromatic rings. The summed E-state index contributed by atoms with van der Waals surface area (Å²) in [5, 5.41) is 8.92. The van der Waals surface area contributed by atoms with Gasteiger partial charge in [-0.15, -0.1) is 0 Å². The van der Waals surface area contributed by atoms with Crippen LogP contribution in [-0.4, -0.2) is 44.1 Å². The van der Waals surface area contributed by atoms with E-state index in [1.165, 1.54) is 4.31 Å². The van der Waals surface area contributed by atoms with Gasteiger partial charge in [-0.3, -0.25) is 0 Å². The Morgan fingerprint density at radius 1 is 1.17 bits per heavy atom. The molecule has 110 valence electrons. The third-order valence-electron chi connectivity index (χ3n) is 2.81. The quantitative estimate of drug-likeness (QED) is 0.634. The SMILES string of the molecule is CCCN(CCC)S(=O)(=O)NCC(C)(C)CCO. The number of nitrogens with one attached hydrogen (secondary N) is 1. The van der Waals surface area contributed by atoms with E-state index in [2.05, 4.69) is 4.72 Å². The topological polar surface area (TPSA) is 69.6 Å². The average Bonchev–Trinajstić information content (AvgIpc) is 2.26. The van der Waals surface area contributed by atoms with Crippen molar-refractivity contribution in [2.24, 2.45) is 5.41 Å². The van der Waals surface area contributed by atoms with Gasteiger partial charge >= 0.3 is 0 Å². The first-order valence-corrected chi connectivity index (χ1v) is 8.08. The van der Waals surface area contributed by atoms with E-state index in [1.54, 1.807) is 0 Å². The van der Waals surface area contributed by atoms with Crippen LogP contribution in [0.4, 0.5) is 0 Å². The van der Waals surface area contributed by atoms with E-state index >= 15 is 0 Å². The number of hydrogen-bond acceptors (Lipinski definition) is 3. The predicted molar refractivity (Wildman–Crippen MR) is 74.6 cm³/mol. The lowest BCUT2D eigenvalue weighted by atomic mass is 9.90. The second-order valence-electron chi connectivity index (χ2n) is 5.36. The monoisotopic (exact) mass is 280 g/mol. The number of rotatable bonds is 10. The molecule has 0 unspecified atom stereocenters. The minimum absolute atomic E-state index is 0.0718. The molecule has 0 aromatic carbocycles. The first-order valence-electron chi connectivity index (χ1n) is 6.64. The van der Waals surface area contributed by atoms with Gasteiger partial charge < -0.3 is 5.11 Å². The lowest BCUT2D eigenvalue weighted by molar-refractivity contribution is 0.212. The first-order chi connectivity index (χ1) is 8.29. The summed E-state index contributed by atoms with van der Waals surface area (Å²) in [6, 6.07) is 0. The van der Waals surface area contributed by atoms with Crippen LogP contribution >= 0.6 is 0 Å². The van der Waals surface area contributed by atoms with Gasteiger partial charge in [-0.1, -0.05) is 27.7 Å². The summed E-state index contributed by atoms with van der Waals surface area (Å²) in [7, 11) is -3.40. The lowest BCUT2D eigenvalue weighted by Crippen LogP contribution is -2.44. The predicted octanol–water partition coefficient (Wildman–Crippen LogP) is 1.35. The van der Waals surface area contributed by atoms with Crippen LogP contribution in [0.3, 0.4) is 0 Å². The van der Waals surface area contributed by atoms with Gasteiger partial charge in [0.05, 0.1) is 0 Å². The van der Waals surface area contributed by atoms with Crippen molar-refractivity contribution < 1.29 is 13.5 Å². The number of aliphatic hydroxyl groups is 1. The summed E-state index contributed by atoms with van der Waals surface area (Å²) in [6.45, 7) is 9.32. The zero-order chi connectivity index (χ0) is 14.2. The van der Waals surface area contributed by atoms with Crippen LogP contribution in [0.1, 0.15) is 47.0 Å². The minimum Gasteiger partial charge on any atom is -0.396 e. The normalized spacial score (nSPS) is 13.2. The highest BCUT2D eigenvalue weighted by Crippen LogP contribution is 2.18. The van der Waals surface area contributed by atoms with E-state index in [4.69, 9.17) is 5.11 Å². The summed E-state index contributed by atoms with van der Waals surface area (Å²) in [4.78, 5) is 0. The van der Waals surface area contributed by atoms with Crippen molar-refractivity contribution >= 4 is 10.2 Å². The van der Waals surface area contributed by atoms with Gasteiger partial charge in [-0.2, -0.15) is 12.7 Å². The second kappa shape index (κ2) is 8.09. The van der Waals surface area contributed by atoms with Crippen LogP contribution in [0.25, 0.3) is 0 Å². The third-order valence-corrected chi connectivity index (χ3v) is 4.36. The fraction of sp³-hybridized carbons (Fsp3) is 1.00. The third kappa shape index (κ3) is 6.68. The van der Waals surface area contributed by atoms with E-state index in [9.17, 15) is 8.42 Å². The summed E-state index contributed by atoms with van der Waals surface area (Å²) < 4.78 is 28.4. The molecule has 0 aliphatic carbocycles. The van der Waals surface area contributed by atoms with Crippen molar-refractivity contribution in [1.29, 1.82) is 0 Å². The van der Waals surface area contributed by atoms with Gasteiger partial charge in [0.15, 0.2) is 0 Å². The highest BCUT2D eigenvalue weighted by Gasteiger charge is 2.24. The molecule has 0 rings (SSSR count). The van der Waals surface area contributed by atoms with Gasteiger partial charge in [-0.25, -0.2) is 4.72 Å². The molecule has 6 heteroatoms. The van der Waals surface area contributed by atoms with E-state index in [1.807, 2.05) is 27.7 Å². The van der Waals surface area contributed by atoms with Crippen LogP contribution in [0.2, 0.25) is 0 Å². The van der Waals surface area contributed by atoms with Crippen molar-refractivity contribution in [3.63, 3.8) is 0 Å². The van der Waals surface area contributed by atoms with Crippen LogP contribution < -0.4 is 4.72 Å². The number of aliphatic hydroxyl groups excluding tert-OH is 1. The van der Waals surface area contributed by atoms with Crippen LogP contribution in [0.15, 0.2) is 0 Å². The van der Waals surface area contributed by atoms with Crippen molar-refractivity contribution in [3.05, 3.63) is 0 Å². The van der Waals surface area contributed by atoms with Crippen LogP contribution in [0.5, 0.6) is 0 Å². The lowest BCUT2D eigenvalue weighted by Gasteiger charge is -2.27. The van der Waals surface area contributed by atoms with Gasteiger partial charge in [0.25, 0.3) is 10.2 Å². The highest BCUT2D eigenvalue weighted by molar-refractivity contribution is 7.87. The maximum Gasteiger partial charge on any atom is 0.279 e. The Hall–Kier alpha value is -0.170. The highest BCUT2D eigenvalue weighted by atomic mass is 32.2. The molecule has 0 saturated carbocycles. The molecule has 5 nitrogen and oxygen atoms in total. The largest absolute Gasteiger partial charge is 0.396 e.